The van der Waals surface area contributed by atoms with Crippen molar-refractivity contribution in [2.75, 3.05) is 0 Å². The van der Waals surface area contributed by atoms with E-state index in [1.807, 2.05) is 0 Å². The van der Waals surface area contributed by atoms with Crippen molar-refractivity contribution in [3.63, 3.8) is 0 Å². The fourth-order valence-corrected chi connectivity index (χ4v) is 1.97. The molecule has 0 amide bonds. The Hall–Kier alpha value is -2.76. The van der Waals surface area contributed by atoms with Crippen molar-refractivity contribution in [1.29, 1.82) is 0 Å². The van der Waals surface area contributed by atoms with Crippen LogP contribution in [0, 0.1) is 6.92 Å². The summed E-state index contributed by atoms with van der Waals surface area (Å²) in [6.45, 7) is 1.74. The minimum atomic E-state index is -4.41. The third-order valence-corrected chi connectivity index (χ3v) is 3.03. The number of carboxylic acids is 1. The van der Waals surface area contributed by atoms with Crippen molar-refractivity contribution in [2.45, 2.75) is 13.1 Å². The zero-order chi connectivity index (χ0) is 17.0. The molecule has 1 aromatic carbocycles. The van der Waals surface area contributed by atoms with Gasteiger partial charge in [0.1, 0.15) is 11.5 Å². The number of allylic oxidation sites excluding steroid dienone is 2. The van der Waals surface area contributed by atoms with Gasteiger partial charge < -0.3 is 9.52 Å². The lowest BCUT2D eigenvalue weighted by molar-refractivity contribution is -0.137. The molecule has 0 aliphatic rings. The van der Waals surface area contributed by atoms with Gasteiger partial charge in [-0.1, -0.05) is 24.3 Å². The highest BCUT2D eigenvalue weighted by atomic mass is 19.4. The van der Waals surface area contributed by atoms with Gasteiger partial charge in [0.2, 0.25) is 0 Å². The number of furan rings is 1. The molecule has 0 spiro atoms. The number of carbonyl (C=O) groups is 1. The summed E-state index contributed by atoms with van der Waals surface area (Å²) in [5.74, 6) is -0.0408. The summed E-state index contributed by atoms with van der Waals surface area (Å²) in [5, 5.41) is 8.63. The molecule has 0 bridgehead atoms. The van der Waals surface area contributed by atoms with Crippen LogP contribution in [0.4, 0.5) is 13.2 Å². The molecule has 2 rings (SSSR count). The first-order valence-electron chi connectivity index (χ1n) is 6.63. The molecule has 0 aliphatic heterocycles. The van der Waals surface area contributed by atoms with Crippen LogP contribution in [0.1, 0.15) is 22.6 Å². The molecule has 6 heteroatoms. The van der Waals surface area contributed by atoms with E-state index in [2.05, 4.69) is 0 Å². The van der Waals surface area contributed by atoms with Gasteiger partial charge in [-0.15, -0.1) is 0 Å². The molecule has 1 N–H and O–H groups in total. The summed E-state index contributed by atoms with van der Waals surface area (Å²) in [6, 6.07) is 7.98. The van der Waals surface area contributed by atoms with E-state index in [9.17, 15) is 18.0 Å². The molecule has 0 fully saturated rings. The first-order chi connectivity index (χ1) is 10.8. The van der Waals surface area contributed by atoms with Crippen molar-refractivity contribution in [3.05, 3.63) is 77.3 Å². The van der Waals surface area contributed by atoms with E-state index in [4.69, 9.17) is 9.52 Å². The van der Waals surface area contributed by atoms with Gasteiger partial charge in [0.05, 0.1) is 5.56 Å². The SMILES string of the molecule is Cc1ccc(C(=CC=CC(=O)O)c2ccc(C(F)(F)F)cc2)o1. The fraction of sp³-hybridized carbons (Fsp3) is 0.118. The number of hydrogen-bond donors (Lipinski definition) is 1. The largest absolute Gasteiger partial charge is 0.478 e. The lowest BCUT2D eigenvalue weighted by Gasteiger charge is -2.09. The first-order valence-corrected chi connectivity index (χ1v) is 6.63. The van der Waals surface area contributed by atoms with Gasteiger partial charge in [-0.05, 0) is 36.8 Å². The predicted octanol–water partition coefficient (Wildman–Crippen LogP) is 4.68. The minimum absolute atomic E-state index is 0.442. The Kier molecular flexibility index (Phi) is 4.74. The van der Waals surface area contributed by atoms with Crippen molar-refractivity contribution in [2.24, 2.45) is 0 Å². The van der Waals surface area contributed by atoms with Crippen molar-refractivity contribution in [1.82, 2.24) is 0 Å². The Bertz CT molecular complexity index is 750. The van der Waals surface area contributed by atoms with Crippen LogP contribution < -0.4 is 0 Å². The van der Waals surface area contributed by atoms with Gasteiger partial charge in [0.25, 0.3) is 0 Å². The molecular weight excluding hydrogens is 309 g/mol. The third kappa shape index (κ3) is 4.35. The molecule has 2 aromatic rings. The zero-order valence-corrected chi connectivity index (χ0v) is 12.1. The quantitative estimate of drug-likeness (QED) is 0.657. The minimum Gasteiger partial charge on any atom is -0.478 e. The van der Waals surface area contributed by atoms with E-state index in [0.29, 0.717) is 22.7 Å². The summed E-state index contributed by atoms with van der Waals surface area (Å²) in [4.78, 5) is 10.5. The summed E-state index contributed by atoms with van der Waals surface area (Å²) in [7, 11) is 0. The Balaban J connectivity index is 2.43. The highest BCUT2D eigenvalue weighted by molar-refractivity contribution is 5.83. The molecule has 0 aliphatic carbocycles. The number of alkyl halides is 3. The van der Waals surface area contributed by atoms with Gasteiger partial charge in [0.15, 0.2) is 0 Å². The van der Waals surface area contributed by atoms with E-state index in [0.717, 1.165) is 18.2 Å². The number of aliphatic carboxylic acids is 1. The molecule has 0 saturated heterocycles. The summed E-state index contributed by atoms with van der Waals surface area (Å²) >= 11 is 0. The van der Waals surface area contributed by atoms with Gasteiger partial charge in [0, 0.05) is 11.6 Å². The molecule has 3 nitrogen and oxygen atoms in total. The molecule has 1 heterocycles. The topological polar surface area (TPSA) is 50.4 Å². The average Bonchev–Trinajstić information content (AvgIpc) is 2.89. The summed E-state index contributed by atoms with van der Waals surface area (Å²) in [6.07, 6.45) is -0.699. The predicted molar refractivity (Wildman–Crippen MR) is 78.7 cm³/mol. The van der Waals surface area contributed by atoms with Crippen LogP contribution in [0.25, 0.3) is 5.57 Å². The molecule has 0 atom stereocenters. The molecule has 1 aromatic heterocycles. The maximum Gasteiger partial charge on any atom is 0.416 e. The smallest absolute Gasteiger partial charge is 0.416 e. The van der Waals surface area contributed by atoms with Crippen LogP contribution in [0.2, 0.25) is 0 Å². The lowest BCUT2D eigenvalue weighted by Crippen LogP contribution is -2.04. The van der Waals surface area contributed by atoms with Crippen LogP contribution in [0.5, 0.6) is 0 Å². The number of aryl methyl sites for hydroxylation is 1. The van der Waals surface area contributed by atoms with Gasteiger partial charge >= 0.3 is 12.1 Å². The first kappa shape index (κ1) is 16.6. The molecule has 0 radical (unpaired) electrons. The fourth-order valence-electron chi connectivity index (χ4n) is 1.97. The number of hydrogen-bond acceptors (Lipinski definition) is 2. The second-order valence-corrected chi connectivity index (χ2v) is 4.76. The van der Waals surface area contributed by atoms with Crippen LogP contribution in [-0.2, 0) is 11.0 Å². The second kappa shape index (κ2) is 6.56. The number of benzene rings is 1. The van der Waals surface area contributed by atoms with Crippen LogP contribution in [0.3, 0.4) is 0 Å². The molecule has 23 heavy (non-hydrogen) atoms. The molecule has 0 unspecified atom stereocenters. The van der Waals surface area contributed by atoms with Crippen molar-refractivity contribution >= 4 is 11.5 Å². The maximum atomic E-state index is 12.6. The summed E-state index contributed by atoms with van der Waals surface area (Å²) in [5.41, 5.74) is 0.226. The van der Waals surface area contributed by atoms with Crippen LogP contribution >= 0.6 is 0 Å². The van der Waals surface area contributed by atoms with E-state index in [1.165, 1.54) is 24.3 Å². The van der Waals surface area contributed by atoms with Gasteiger partial charge in [-0.2, -0.15) is 13.2 Å². The lowest BCUT2D eigenvalue weighted by atomic mass is 10.0. The van der Waals surface area contributed by atoms with Crippen LogP contribution in [-0.4, -0.2) is 11.1 Å². The van der Waals surface area contributed by atoms with E-state index in [-0.39, 0.29) is 0 Å². The van der Waals surface area contributed by atoms with E-state index >= 15 is 0 Å². The van der Waals surface area contributed by atoms with Crippen molar-refractivity contribution < 1.29 is 27.5 Å². The Morgan fingerprint density at radius 2 is 1.78 bits per heavy atom. The van der Waals surface area contributed by atoms with E-state index < -0.39 is 17.7 Å². The highest BCUT2D eigenvalue weighted by Crippen LogP contribution is 2.31. The molecule has 120 valence electrons. The van der Waals surface area contributed by atoms with E-state index in [1.54, 1.807) is 19.1 Å². The Morgan fingerprint density at radius 3 is 2.26 bits per heavy atom. The third-order valence-electron chi connectivity index (χ3n) is 3.03. The Labute approximate surface area is 130 Å². The second-order valence-electron chi connectivity index (χ2n) is 4.76. The molecular formula is C17H13F3O3. The normalized spacial score (nSPS) is 12.8. The zero-order valence-electron chi connectivity index (χ0n) is 12.1. The van der Waals surface area contributed by atoms with Crippen LogP contribution in [0.15, 0.2) is 59.0 Å². The van der Waals surface area contributed by atoms with Gasteiger partial charge in [-0.25, -0.2) is 4.79 Å². The summed E-state index contributed by atoms with van der Waals surface area (Å²) < 4.78 is 43.4. The average molecular weight is 322 g/mol. The molecule has 0 saturated carbocycles. The van der Waals surface area contributed by atoms with Crippen molar-refractivity contribution in [3.8, 4) is 0 Å². The maximum absolute atomic E-state index is 12.6. The number of carboxylic acid groups (broad SMARTS) is 1. The number of halogens is 3. The van der Waals surface area contributed by atoms with Gasteiger partial charge in [-0.3, -0.25) is 0 Å². The monoisotopic (exact) mass is 322 g/mol. The highest BCUT2D eigenvalue weighted by Gasteiger charge is 2.30. The standard InChI is InChI=1S/C17H13F3O3/c1-11-5-10-15(23-11)14(3-2-4-16(21)22)12-6-8-13(9-7-12)17(18,19)20/h2-10H,1H3,(H,21,22). The number of rotatable bonds is 4. The Morgan fingerprint density at radius 1 is 1.13 bits per heavy atom.